The first-order valence-corrected chi connectivity index (χ1v) is 11.7. The van der Waals surface area contributed by atoms with Gasteiger partial charge in [-0.1, -0.05) is 0 Å². The van der Waals surface area contributed by atoms with Crippen LogP contribution in [0.4, 0.5) is 0 Å². The van der Waals surface area contributed by atoms with Crippen LogP contribution in [0.3, 0.4) is 0 Å². The van der Waals surface area contributed by atoms with Gasteiger partial charge in [0.05, 0.1) is 33.8 Å². The number of furan rings is 1. The van der Waals surface area contributed by atoms with Crippen molar-refractivity contribution in [2.45, 2.75) is 26.5 Å². The normalized spacial score (nSPS) is 12.8. The highest BCUT2D eigenvalue weighted by atomic mass is 32.2. The van der Waals surface area contributed by atoms with Crippen molar-refractivity contribution in [3.05, 3.63) is 45.6 Å². The molecule has 2 N–H and O–H groups in total. The highest BCUT2D eigenvalue weighted by Gasteiger charge is 2.23. The number of carbonyl (C=O) groups is 1. The fourth-order valence-corrected chi connectivity index (χ4v) is 4.59. The molecular formula is C19H22N2O6S2. The molecule has 0 fully saturated rings. The minimum Gasteiger partial charge on any atom is -0.488 e. The van der Waals surface area contributed by atoms with Gasteiger partial charge in [0.15, 0.2) is 0 Å². The van der Waals surface area contributed by atoms with Gasteiger partial charge < -0.3 is 19.6 Å². The topological polar surface area (TPSA) is 119 Å². The zero-order chi connectivity index (χ0) is 21.2. The molecule has 0 aliphatic carbocycles. The van der Waals surface area contributed by atoms with Crippen molar-refractivity contribution >= 4 is 38.1 Å². The summed E-state index contributed by atoms with van der Waals surface area (Å²) in [6.07, 6.45) is 2.81. The van der Waals surface area contributed by atoms with Gasteiger partial charge in [0.25, 0.3) is 5.91 Å². The van der Waals surface area contributed by atoms with Crippen molar-refractivity contribution in [1.82, 2.24) is 10.3 Å². The minimum absolute atomic E-state index is 0.283. The molecule has 3 aromatic rings. The van der Waals surface area contributed by atoms with Crippen LogP contribution in [0, 0.1) is 13.8 Å². The number of fused-ring (bicyclic) bond motifs is 1. The Labute approximate surface area is 172 Å². The van der Waals surface area contributed by atoms with Crippen LogP contribution in [-0.4, -0.2) is 49.1 Å². The summed E-state index contributed by atoms with van der Waals surface area (Å²) < 4.78 is 34.4. The maximum absolute atomic E-state index is 12.8. The number of aryl methyl sites for hydroxylation is 2. The summed E-state index contributed by atoms with van der Waals surface area (Å²) in [4.78, 5) is 17.9. The van der Waals surface area contributed by atoms with Crippen molar-refractivity contribution < 1.29 is 27.5 Å². The zero-order valence-electron chi connectivity index (χ0n) is 16.3. The molecule has 0 saturated heterocycles. The Hall–Kier alpha value is -2.43. The molecule has 0 radical (unpaired) electrons. The Morgan fingerprint density at radius 2 is 2.14 bits per heavy atom. The Morgan fingerprint density at radius 1 is 1.38 bits per heavy atom. The summed E-state index contributed by atoms with van der Waals surface area (Å²) in [6.45, 7) is 3.44. The molecule has 2 aromatic heterocycles. The number of amides is 1. The number of aromatic nitrogens is 1. The molecule has 29 heavy (non-hydrogen) atoms. The van der Waals surface area contributed by atoms with Crippen LogP contribution >= 0.6 is 11.3 Å². The molecule has 0 aliphatic rings. The molecule has 0 spiro atoms. The third-order valence-electron chi connectivity index (χ3n) is 4.17. The number of carbonyl (C=O) groups excluding carboxylic acids is 1. The highest BCUT2D eigenvalue weighted by Crippen LogP contribution is 2.29. The summed E-state index contributed by atoms with van der Waals surface area (Å²) in [7, 11) is -3.36. The van der Waals surface area contributed by atoms with Crippen molar-refractivity contribution in [2.75, 3.05) is 18.6 Å². The van der Waals surface area contributed by atoms with E-state index in [1.54, 1.807) is 42.7 Å². The van der Waals surface area contributed by atoms with Gasteiger partial charge in [0.2, 0.25) is 0 Å². The maximum atomic E-state index is 12.8. The average Bonchev–Trinajstić information content (AvgIpc) is 3.19. The quantitative estimate of drug-likeness (QED) is 0.553. The smallest absolute Gasteiger partial charge is 0.255 e. The Balaban J connectivity index is 1.83. The van der Waals surface area contributed by atoms with Crippen molar-refractivity contribution in [3.8, 4) is 5.75 Å². The van der Waals surface area contributed by atoms with Gasteiger partial charge in [0.1, 0.15) is 33.5 Å². The molecule has 1 amide bonds. The van der Waals surface area contributed by atoms with Gasteiger partial charge in [-0.2, -0.15) is 0 Å². The molecule has 0 aliphatic heterocycles. The highest BCUT2D eigenvalue weighted by molar-refractivity contribution is 7.90. The molecule has 0 bridgehead atoms. The molecule has 0 saturated carbocycles. The van der Waals surface area contributed by atoms with Crippen LogP contribution in [0.5, 0.6) is 5.75 Å². The Morgan fingerprint density at radius 3 is 2.76 bits per heavy atom. The van der Waals surface area contributed by atoms with E-state index in [9.17, 15) is 18.3 Å². The van der Waals surface area contributed by atoms with E-state index in [0.717, 1.165) is 16.1 Å². The van der Waals surface area contributed by atoms with E-state index >= 15 is 0 Å². The van der Waals surface area contributed by atoms with E-state index in [1.165, 1.54) is 0 Å². The number of hydrogen-bond donors (Lipinski definition) is 2. The second-order valence-electron chi connectivity index (χ2n) is 6.77. The van der Waals surface area contributed by atoms with Gasteiger partial charge in [0, 0.05) is 17.8 Å². The van der Waals surface area contributed by atoms with Crippen molar-refractivity contribution in [3.63, 3.8) is 0 Å². The van der Waals surface area contributed by atoms with Gasteiger partial charge in [-0.05, 0) is 32.0 Å². The molecular weight excluding hydrogens is 416 g/mol. The summed E-state index contributed by atoms with van der Waals surface area (Å²) in [5.74, 6) is 0.0865. The second kappa shape index (κ2) is 8.52. The monoisotopic (exact) mass is 438 g/mol. The maximum Gasteiger partial charge on any atom is 0.255 e. The second-order valence-corrected chi connectivity index (χ2v) is 10.3. The van der Waals surface area contributed by atoms with E-state index in [-0.39, 0.29) is 11.3 Å². The van der Waals surface area contributed by atoms with E-state index in [2.05, 4.69) is 10.3 Å². The van der Waals surface area contributed by atoms with Crippen molar-refractivity contribution in [2.24, 2.45) is 0 Å². The van der Waals surface area contributed by atoms with Crippen LogP contribution in [0.1, 0.15) is 26.0 Å². The number of sulfone groups is 1. The van der Waals surface area contributed by atoms with Crippen LogP contribution in [0.15, 0.2) is 28.8 Å². The van der Waals surface area contributed by atoms with Crippen LogP contribution in [0.25, 0.3) is 11.0 Å². The summed E-state index contributed by atoms with van der Waals surface area (Å²) >= 11 is 1.54. The first kappa shape index (κ1) is 21.3. The van der Waals surface area contributed by atoms with E-state index in [1.807, 2.05) is 6.92 Å². The van der Waals surface area contributed by atoms with Crippen LogP contribution in [0.2, 0.25) is 0 Å². The third-order valence-corrected chi connectivity index (χ3v) is 6.07. The number of nitrogens with one attached hydrogen (secondary N) is 1. The lowest BCUT2D eigenvalue weighted by atomic mass is 10.1. The molecule has 8 nitrogen and oxygen atoms in total. The predicted molar refractivity (Wildman–Crippen MR) is 110 cm³/mol. The molecule has 3 rings (SSSR count). The first-order valence-electron chi connectivity index (χ1n) is 8.83. The Kier molecular flexibility index (Phi) is 6.25. The number of ether oxygens (including phenoxy) is 1. The van der Waals surface area contributed by atoms with Gasteiger partial charge in [-0.15, -0.1) is 11.3 Å². The minimum atomic E-state index is -3.36. The summed E-state index contributed by atoms with van der Waals surface area (Å²) in [5.41, 5.74) is 0.795. The lowest BCUT2D eigenvalue weighted by Gasteiger charge is -2.15. The summed E-state index contributed by atoms with van der Waals surface area (Å²) in [5, 5.41) is 13.5. The average molecular weight is 439 g/mol. The van der Waals surface area contributed by atoms with Gasteiger partial charge >= 0.3 is 0 Å². The molecule has 2 heterocycles. The number of aliphatic hydroxyl groups is 1. The molecule has 1 atom stereocenters. The van der Waals surface area contributed by atoms with Crippen LogP contribution < -0.4 is 10.1 Å². The first-order chi connectivity index (χ1) is 13.7. The van der Waals surface area contributed by atoms with Gasteiger partial charge in [-0.3, -0.25) is 4.79 Å². The number of nitrogens with zero attached hydrogens (tertiary/aromatic N) is 1. The molecule has 1 aromatic carbocycles. The van der Waals surface area contributed by atoms with Crippen LogP contribution in [-0.2, 0) is 16.4 Å². The fraction of sp³-hybridized carbons (Fsp3) is 0.368. The number of benzene rings is 1. The fourth-order valence-electron chi connectivity index (χ4n) is 2.96. The van der Waals surface area contributed by atoms with E-state index in [0.29, 0.717) is 29.1 Å². The largest absolute Gasteiger partial charge is 0.488 e. The number of rotatable bonds is 8. The number of aliphatic hydroxyl groups excluding tert-OH is 1. The molecule has 0 unspecified atom stereocenters. The molecule has 156 valence electrons. The molecule has 10 heteroatoms. The summed E-state index contributed by atoms with van der Waals surface area (Å²) in [6, 6.07) is 4.27. The van der Waals surface area contributed by atoms with Crippen molar-refractivity contribution in [1.29, 1.82) is 0 Å². The number of hydrogen-bond acceptors (Lipinski definition) is 8. The number of thiazole rings is 1. The van der Waals surface area contributed by atoms with E-state index < -0.39 is 28.4 Å². The standard InChI is InChI=1S/C19H22N2O6S2/c1-11-18(19(23)21-13(8-22)10-29(3,24)25)16-6-14(4-5-17(16)27-11)26-9-15-7-20-12(2)28-15/h4-7,13,22H,8-10H2,1-3H3,(H,21,23)/t13-/m1/s1. The van der Waals surface area contributed by atoms with Gasteiger partial charge in [-0.25, -0.2) is 13.4 Å². The Bertz CT molecular complexity index is 1130. The SMILES string of the molecule is Cc1ncc(COc2ccc3oc(C)c(C(=O)N[C@H](CO)CS(C)(=O)=O)c3c2)s1. The lowest BCUT2D eigenvalue weighted by Crippen LogP contribution is -2.42. The van der Waals surface area contributed by atoms with E-state index in [4.69, 9.17) is 9.15 Å². The predicted octanol–water partition coefficient (Wildman–Crippen LogP) is 2.22. The third kappa shape index (κ3) is 5.34. The lowest BCUT2D eigenvalue weighted by molar-refractivity contribution is 0.0923. The zero-order valence-corrected chi connectivity index (χ0v) is 17.9.